The topological polar surface area (TPSA) is 29.1 Å². The molecule has 0 heterocycles. The van der Waals surface area contributed by atoms with Crippen LogP contribution in [0.3, 0.4) is 0 Å². The summed E-state index contributed by atoms with van der Waals surface area (Å²) in [6, 6.07) is 17.5. The Morgan fingerprint density at radius 3 is 1.80 bits per heavy atom. The summed E-state index contributed by atoms with van der Waals surface area (Å²) in [6.45, 7) is 1.49. The minimum absolute atomic E-state index is 0. The van der Waals surface area contributed by atoms with Gasteiger partial charge in [-0.05, 0) is 6.92 Å². The van der Waals surface area contributed by atoms with Gasteiger partial charge in [0.1, 0.15) is 5.91 Å². The van der Waals surface area contributed by atoms with Gasteiger partial charge < -0.3 is 40.4 Å². The van der Waals surface area contributed by atoms with E-state index in [0.717, 1.165) is 5.69 Å². The molecule has 2 aromatic carbocycles. The van der Waals surface area contributed by atoms with E-state index in [2.05, 4.69) is 5.32 Å². The third-order valence-electron chi connectivity index (χ3n) is 1.54. The molecule has 86 valence electrons. The summed E-state index contributed by atoms with van der Waals surface area (Å²) in [7, 11) is 0. The van der Waals surface area contributed by atoms with Crippen molar-refractivity contribution in [1.29, 1.82) is 0 Å². The average Bonchev–Trinajstić information content (AvgIpc) is 2.75. The van der Waals surface area contributed by atoms with Crippen molar-refractivity contribution < 1.29 is 21.9 Å². The van der Waals surface area contributed by atoms with Crippen LogP contribution >= 0.6 is 0 Å². The summed E-state index contributed by atoms with van der Waals surface area (Å²) in [4.78, 5) is 10.4. The van der Waals surface area contributed by atoms with Crippen molar-refractivity contribution in [1.82, 2.24) is 0 Å². The molecule has 2 aromatic rings. The molecular weight excluding hydrogens is 230 g/mol. The van der Waals surface area contributed by atoms with Gasteiger partial charge in [0.05, 0.1) is 0 Å². The van der Waals surface area contributed by atoms with Crippen LogP contribution in [0.25, 0.3) is 0 Å². The van der Waals surface area contributed by atoms with Gasteiger partial charge in [-0.25, -0.2) is 0 Å². The zero-order chi connectivity index (χ0) is 10.2. The van der Waals surface area contributed by atoms with Crippen molar-refractivity contribution in [3.8, 4) is 0 Å². The van der Waals surface area contributed by atoms with E-state index in [0.29, 0.717) is 0 Å². The first-order valence-electron chi connectivity index (χ1n) is 4.45. The molecule has 3 heteroatoms. The van der Waals surface area contributed by atoms with E-state index < -0.39 is 0 Å². The summed E-state index contributed by atoms with van der Waals surface area (Å²) < 4.78 is 0. The van der Waals surface area contributed by atoms with Gasteiger partial charge in [-0.2, -0.15) is 12.1 Å². The average molecular weight is 243 g/mol. The molecule has 0 unspecified atom stereocenters. The fraction of sp³-hybridized carbons (Fsp3) is 0.0833. The Kier molecular flexibility index (Phi) is 7.33. The van der Waals surface area contributed by atoms with Crippen LogP contribution in [-0.4, -0.2) is 5.91 Å². The van der Waals surface area contributed by atoms with Gasteiger partial charge in [0.25, 0.3) is 0 Å². The van der Waals surface area contributed by atoms with Crippen LogP contribution in [0.2, 0.25) is 0 Å². The third kappa shape index (κ3) is 6.72. The number of rotatable bonds is 1. The van der Waals surface area contributed by atoms with Crippen LogP contribution in [0.1, 0.15) is 6.92 Å². The van der Waals surface area contributed by atoms with Crippen LogP contribution in [0.4, 0.5) is 5.69 Å². The molecule has 1 N–H and O–H groups in total. The molecule has 1 amide bonds. The molecular formula is C12H13FeNO-6. The maximum atomic E-state index is 10.4. The molecule has 0 spiro atoms. The molecule has 0 saturated heterocycles. The van der Waals surface area contributed by atoms with Crippen molar-refractivity contribution in [2.24, 2.45) is 0 Å². The second-order valence-electron chi connectivity index (χ2n) is 2.82. The SMILES string of the molecule is CC(=O)N[c-]1cccc1.[Fe].[cH-]1[cH-][cH-][cH-][cH-]1. The van der Waals surface area contributed by atoms with E-state index in [1.165, 1.54) is 6.92 Å². The predicted molar refractivity (Wildman–Crippen MR) is 58.4 cm³/mol. The first kappa shape index (κ1) is 13.7. The number of amides is 1. The molecule has 0 fully saturated rings. The molecule has 0 aliphatic heterocycles. The van der Waals surface area contributed by atoms with E-state index in [4.69, 9.17) is 0 Å². The van der Waals surface area contributed by atoms with Crippen molar-refractivity contribution in [2.75, 3.05) is 5.32 Å². The van der Waals surface area contributed by atoms with Crippen molar-refractivity contribution >= 4 is 11.6 Å². The Morgan fingerprint density at radius 2 is 1.47 bits per heavy atom. The Labute approximate surface area is 101 Å². The number of carbonyl (C=O) groups excluding carboxylic acids is 1. The predicted octanol–water partition coefficient (Wildman–Crippen LogP) is 2.77. The van der Waals surface area contributed by atoms with Gasteiger partial charge in [-0.3, -0.25) is 0 Å². The minimum atomic E-state index is -0.0267. The van der Waals surface area contributed by atoms with E-state index in [1.807, 2.05) is 54.6 Å². The van der Waals surface area contributed by atoms with Crippen LogP contribution in [0, 0.1) is 0 Å². The van der Waals surface area contributed by atoms with Gasteiger partial charge in [-0.1, -0.05) is 5.69 Å². The van der Waals surface area contributed by atoms with Crippen LogP contribution < -0.4 is 5.32 Å². The molecule has 0 atom stereocenters. The van der Waals surface area contributed by atoms with E-state index in [-0.39, 0.29) is 23.0 Å². The number of hydrogen-bond acceptors (Lipinski definition) is 1. The fourth-order valence-electron chi connectivity index (χ4n) is 0.981. The normalized spacial score (nSPS) is 8.07. The maximum absolute atomic E-state index is 10.4. The zero-order valence-corrected chi connectivity index (χ0v) is 9.56. The first-order valence-corrected chi connectivity index (χ1v) is 4.45. The van der Waals surface area contributed by atoms with E-state index in [1.54, 1.807) is 0 Å². The molecule has 0 aromatic heterocycles. The number of carbonyl (C=O) groups is 1. The first-order chi connectivity index (χ1) is 6.79. The smallest absolute Gasteiger partial charge is 0.146 e. The Morgan fingerprint density at radius 1 is 1.07 bits per heavy atom. The summed E-state index contributed by atoms with van der Waals surface area (Å²) >= 11 is 0. The second-order valence-corrected chi connectivity index (χ2v) is 2.82. The summed E-state index contributed by atoms with van der Waals surface area (Å²) in [6.07, 6.45) is 0. The number of hydrogen-bond donors (Lipinski definition) is 1. The standard InChI is InChI=1S/C7H8NO.C5H5.Fe/c1-6(9)8-7-4-2-3-5-7;1-2-4-5-3-1;/h2-5H,1H3,(H,8,9);1-5H;/q-1;-5;. The van der Waals surface area contributed by atoms with Crippen molar-refractivity contribution in [3.05, 3.63) is 54.6 Å². The van der Waals surface area contributed by atoms with Crippen molar-refractivity contribution in [3.63, 3.8) is 0 Å². The third-order valence-corrected chi connectivity index (χ3v) is 1.54. The largest absolute Gasteiger partial charge is 0.748 e. The van der Waals surface area contributed by atoms with Gasteiger partial charge >= 0.3 is 0 Å². The fourth-order valence-corrected chi connectivity index (χ4v) is 0.981. The zero-order valence-electron chi connectivity index (χ0n) is 8.46. The quantitative estimate of drug-likeness (QED) is 0.605. The van der Waals surface area contributed by atoms with E-state index in [9.17, 15) is 4.79 Å². The molecule has 2 rings (SSSR count). The Balaban J connectivity index is 0.000000280. The second kappa shape index (κ2) is 8.04. The van der Waals surface area contributed by atoms with Crippen LogP contribution in [0.5, 0.6) is 0 Å². The number of nitrogens with one attached hydrogen (secondary N) is 1. The summed E-state index contributed by atoms with van der Waals surface area (Å²) in [5.41, 5.74) is 0.863. The Bertz CT molecular complexity index is 320. The molecule has 0 saturated carbocycles. The van der Waals surface area contributed by atoms with Gasteiger partial charge in [-0.15, -0.1) is 12.1 Å². The number of anilines is 1. The molecule has 0 radical (unpaired) electrons. The van der Waals surface area contributed by atoms with Crippen molar-refractivity contribution in [2.45, 2.75) is 6.92 Å². The van der Waals surface area contributed by atoms with Crippen LogP contribution in [-0.2, 0) is 21.9 Å². The van der Waals surface area contributed by atoms with E-state index >= 15 is 0 Å². The maximum Gasteiger partial charge on any atom is 0.146 e. The molecule has 0 aliphatic carbocycles. The molecule has 2 nitrogen and oxygen atoms in total. The Hall–Kier alpha value is -1.31. The van der Waals surface area contributed by atoms with Gasteiger partial charge in [0.15, 0.2) is 0 Å². The van der Waals surface area contributed by atoms with Crippen LogP contribution in [0.15, 0.2) is 54.6 Å². The minimum Gasteiger partial charge on any atom is -0.748 e. The summed E-state index contributed by atoms with van der Waals surface area (Å²) in [5.74, 6) is -0.0267. The molecule has 15 heavy (non-hydrogen) atoms. The molecule has 0 aliphatic rings. The molecule has 0 bridgehead atoms. The monoisotopic (exact) mass is 243 g/mol. The van der Waals surface area contributed by atoms with Gasteiger partial charge in [0.2, 0.25) is 0 Å². The summed E-state index contributed by atoms with van der Waals surface area (Å²) in [5, 5.41) is 2.65. The van der Waals surface area contributed by atoms with Gasteiger partial charge in [0, 0.05) is 17.1 Å².